The van der Waals surface area contributed by atoms with Crippen LogP contribution in [0.25, 0.3) is 0 Å². The van der Waals surface area contributed by atoms with Crippen LogP contribution in [0.5, 0.6) is 0 Å². The van der Waals surface area contributed by atoms with Crippen molar-refractivity contribution in [3.05, 3.63) is 0 Å². The lowest BCUT2D eigenvalue weighted by Gasteiger charge is -2.36. The Balaban J connectivity index is 2.08. The van der Waals surface area contributed by atoms with Gasteiger partial charge in [-0.3, -0.25) is 4.79 Å². The van der Waals surface area contributed by atoms with Crippen molar-refractivity contribution < 1.29 is 9.53 Å². The van der Waals surface area contributed by atoms with E-state index in [1.807, 2.05) is 18.7 Å². The number of carbonyl (C=O) groups excluding carboxylic acids is 1. The van der Waals surface area contributed by atoms with E-state index >= 15 is 0 Å². The third-order valence-electron chi connectivity index (χ3n) is 3.51. The minimum atomic E-state index is -0.284. The number of amides is 1. The molecule has 0 bridgehead atoms. The van der Waals surface area contributed by atoms with Crippen molar-refractivity contribution in [1.29, 1.82) is 0 Å². The number of nitrogens with zero attached hydrogens (tertiary/aromatic N) is 1. The molecule has 2 heterocycles. The molecule has 0 aromatic heterocycles. The van der Waals surface area contributed by atoms with Gasteiger partial charge in [-0.05, 0) is 26.7 Å². The van der Waals surface area contributed by atoms with Gasteiger partial charge in [0, 0.05) is 26.2 Å². The van der Waals surface area contributed by atoms with Crippen LogP contribution in [0.3, 0.4) is 0 Å². The van der Waals surface area contributed by atoms with Crippen LogP contribution < -0.4 is 5.32 Å². The summed E-state index contributed by atoms with van der Waals surface area (Å²) in [6, 6.07) is 0.292. The zero-order valence-electron chi connectivity index (χ0n) is 10.3. The summed E-state index contributed by atoms with van der Waals surface area (Å²) in [5.41, 5.74) is -0.284. The summed E-state index contributed by atoms with van der Waals surface area (Å²) in [5.74, 6) is 0.271. The van der Waals surface area contributed by atoms with Crippen LogP contribution >= 0.6 is 0 Å². The summed E-state index contributed by atoms with van der Waals surface area (Å²) in [6.45, 7) is 8.08. The Morgan fingerprint density at radius 2 is 2.31 bits per heavy atom. The summed E-state index contributed by atoms with van der Waals surface area (Å²) in [6.07, 6.45) is 2.16. The molecule has 0 aromatic carbocycles. The molecule has 92 valence electrons. The highest BCUT2D eigenvalue weighted by atomic mass is 16.5. The molecule has 2 aliphatic rings. The second-order valence-corrected chi connectivity index (χ2v) is 5.43. The first-order valence-electron chi connectivity index (χ1n) is 6.21. The Bertz CT molecular complexity index is 260. The standard InChI is InChI=1S/C12H22N2O2/c1-12(2)9-13-5-6-14(11(12)15)10-4-3-7-16-8-10/h10,13H,3-9H2,1-2H3. The maximum Gasteiger partial charge on any atom is 0.229 e. The number of nitrogens with one attached hydrogen (secondary N) is 1. The van der Waals surface area contributed by atoms with E-state index in [9.17, 15) is 4.79 Å². The SMILES string of the molecule is CC1(C)CNCCN(C2CCCOC2)C1=O. The predicted molar refractivity (Wildman–Crippen MR) is 62.2 cm³/mol. The Morgan fingerprint density at radius 3 is 3.00 bits per heavy atom. The van der Waals surface area contributed by atoms with Crippen LogP contribution in [0.1, 0.15) is 26.7 Å². The lowest BCUT2D eigenvalue weighted by molar-refractivity contribution is -0.144. The van der Waals surface area contributed by atoms with Crippen LogP contribution in [0.2, 0.25) is 0 Å². The van der Waals surface area contributed by atoms with E-state index in [2.05, 4.69) is 5.32 Å². The fourth-order valence-corrected chi connectivity index (χ4v) is 2.48. The lowest BCUT2D eigenvalue weighted by atomic mass is 9.91. The molecule has 2 rings (SSSR count). The zero-order chi connectivity index (χ0) is 11.6. The van der Waals surface area contributed by atoms with E-state index in [1.165, 1.54) is 0 Å². The number of hydrogen-bond acceptors (Lipinski definition) is 3. The molecule has 1 atom stereocenters. The molecule has 0 saturated carbocycles. The molecule has 0 spiro atoms. The summed E-state index contributed by atoms with van der Waals surface area (Å²) >= 11 is 0. The van der Waals surface area contributed by atoms with Gasteiger partial charge in [-0.25, -0.2) is 0 Å². The monoisotopic (exact) mass is 226 g/mol. The first-order chi connectivity index (χ1) is 7.61. The number of carbonyl (C=O) groups is 1. The molecular weight excluding hydrogens is 204 g/mol. The fraction of sp³-hybridized carbons (Fsp3) is 0.917. The Labute approximate surface area is 97.3 Å². The molecule has 0 radical (unpaired) electrons. The second kappa shape index (κ2) is 4.72. The van der Waals surface area contributed by atoms with Crippen molar-refractivity contribution >= 4 is 5.91 Å². The van der Waals surface area contributed by atoms with Crippen molar-refractivity contribution in [1.82, 2.24) is 10.2 Å². The second-order valence-electron chi connectivity index (χ2n) is 5.43. The van der Waals surface area contributed by atoms with E-state index in [0.717, 1.165) is 39.1 Å². The lowest BCUT2D eigenvalue weighted by Crippen LogP contribution is -2.50. The maximum absolute atomic E-state index is 12.4. The third kappa shape index (κ3) is 2.38. The molecule has 4 nitrogen and oxygen atoms in total. The van der Waals surface area contributed by atoms with Gasteiger partial charge >= 0.3 is 0 Å². The van der Waals surface area contributed by atoms with E-state index < -0.39 is 0 Å². The summed E-state index contributed by atoms with van der Waals surface area (Å²) in [7, 11) is 0. The van der Waals surface area contributed by atoms with Crippen molar-refractivity contribution in [2.24, 2.45) is 5.41 Å². The minimum absolute atomic E-state index is 0.271. The molecular formula is C12H22N2O2. The minimum Gasteiger partial charge on any atom is -0.379 e. The Hall–Kier alpha value is -0.610. The largest absolute Gasteiger partial charge is 0.379 e. The van der Waals surface area contributed by atoms with Gasteiger partial charge in [-0.15, -0.1) is 0 Å². The highest BCUT2D eigenvalue weighted by Crippen LogP contribution is 2.24. The van der Waals surface area contributed by atoms with Gasteiger partial charge in [0.05, 0.1) is 18.1 Å². The summed E-state index contributed by atoms with van der Waals surface area (Å²) in [5, 5.41) is 3.33. The molecule has 2 aliphatic heterocycles. The number of rotatable bonds is 1. The molecule has 1 N–H and O–H groups in total. The number of hydrogen-bond donors (Lipinski definition) is 1. The van der Waals surface area contributed by atoms with E-state index in [-0.39, 0.29) is 11.3 Å². The summed E-state index contributed by atoms with van der Waals surface area (Å²) < 4.78 is 5.48. The highest BCUT2D eigenvalue weighted by Gasteiger charge is 2.37. The molecule has 0 aliphatic carbocycles. The third-order valence-corrected chi connectivity index (χ3v) is 3.51. The van der Waals surface area contributed by atoms with Gasteiger partial charge in [-0.1, -0.05) is 0 Å². The molecule has 1 unspecified atom stereocenters. The average molecular weight is 226 g/mol. The zero-order valence-corrected chi connectivity index (χ0v) is 10.3. The van der Waals surface area contributed by atoms with E-state index in [0.29, 0.717) is 12.6 Å². The first-order valence-corrected chi connectivity index (χ1v) is 6.21. The van der Waals surface area contributed by atoms with Gasteiger partial charge in [0.1, 0.15) is 0 Å². The van der Waals surface area contributed by atoms with Crippen LogP contribution in [-0.2, 0) is 9.53 Å². The van der Waals surface area contributed by atoms with Crippen LogP contribution in [-0.4, -0.2) is 49.7 Å². The topological polar surface area (TPSA) is 41.6 Å². The van der Waals surface area contributed by atoms with Gasteiger partial charge in [-0.2, -0.15) is 0 Å². The van der Waals surface area contributed by atoms with Crippen LogP contribution in [0.15, 0.2) is 0 Å². The Morgan fingerprint density at radius 1 is 1.50 bits per heavy atom. The fourth-order valence-electron chi connectivity index (χ4n) is 2.48. The van der Waals surface area contributed by atoms with Gasteiger partial charge in [0.15, 0.2) is 0 Å². The van der Waals surface area contributed by atoms with E-state index in [4.69, 9.17) is 4.74 Å². The van der Waals surface area contributed by atoms with Crippen molar-refractivity contribution in [2.75, 3.05) is 32.8 Å². The molecule has 4 heteroatoms. The van der Waals surface area contributed by atoms with Crippen molar-refractivity contribution in [3.63, 3.8) is 0 Å². The maximum atomic E-state index is 12.4. The van der Waals surface area contributed by atoms with E-state index in [1.54, 1.807) is 0 Å². The van der Waals surface area contributed by atoms with Gasteiger partial charge in [0.25, 0.3) is 0 Å². The quantitative estimate of drug-likeness (QED) is 0.713. The molecule has 16 heavy (non-hydrogen) atoms. The smallest absolute Gasteiger partial charge is 0.229 e. The molecule has 1 amide bonds. The Kier molecular flexibility index (Phi) is 3.50. The molecule has 2 saturated heterocycles. The predicted octanol–water partition coefficient (Wildman–Crippen LogP) is 0.623. The molecule has 2 fully saturated rings. The van der Waals surface area contributed by atoms with Crippen molar-refractivity contribution in [3.8, 4) is 0 Å². The first kappa shape index (κ1) is 11.9. The number of ether oxygens (including phenoxy) is 1. The van der Waals surface area contributed by atoms with Gasteiger partial charge < -0.3 is 15.0 Å². The van der Waals surface area contributed by atoms with Gasteiger partial charge in [0.2, 0.25) is 5.91 Å². The summed E-state index contributed by atoms with van der Waals surface area (Å²) in [4.78, 5) is 14.4. The normalized spacial score (nSPS) is 31.2. The van der Waals surface area contributed by atoms with Crippen molar-refractivity contribution in [2.45, 2.75) is 32.7 Å². The highest BCUT2D eigenvalue weighted by molar-refractivity contribution is 5.82. The molecule has 0 aromatic rings. The van der Waals surface area contributed by atoms with Crippen LogP contribution in [0.4, 0.5) is 0 Å². The average Bonchev–Trinajstić information content (AvgIpc) is 2.41. The van der Waals surface area contributed by atoms with Crippen LogP contribution in [0, 0.1) is 5.41 Å².